The molecule has 69 heavy (non-hydrogen) atoms. The summed E-state index contributed by atoms with van der Waals surface area (Å²) in [5.74, 6) is -1.75. The van der Waals surface area contributed by atoms with Gasteiger partial charge in [-0.05, 0) is 87.4 Å². The highest BCUT2D eigenvalue weighted by molar-refractivity contribution is 5.65. The molecule has 8 fully saturated rings. The first-order valence-electron chi connectivity index (χ1n) is 25.2. The van der Waals surface area contributed by atoms with Crippen LogP contribution in [0.4, 0.5) is 0 Å². The number of carbonyl (C=O) groups is 1. The molecule has 0 radical (unpaired) electrons. The van der Waals surface area contributed by atoms with Crippen LogP contribution in [0.25, 0.3) is 0 Å². The summed E-state index contributed by atoms with van der Waals surface area (Å²) in [4.78, 5) is 11.5. The third-order valence-corrected chi connectivity index (χ3v) is 19.0. The second-order valence-corrected chi connectivity index (χ2v) is 22.4. The van der Waals surface area contributed by atoms with Crippen LogP contribution >= 0.6 is 0 Å². The van der Waals surface area contributed by atoms with Gasteiger partial charge in [-0.3, -0.25) is 4.79 Å². The average molecular weight is 993 g/mol. The van der Waals surface area contributed by atoms with Crippen molar-refractivity contribution in [3.63, 3.8) is 0 Å². The molecule has 4 aliphatic heterocycles. The molecule has 0 aromatic rings. The molecule has 4 aliphatic carbocycles. The Balaban J connectivity index is 0.976. The maximum Gasteiger partial charge on any atom is 0.302 e. The van der Waals surface area contributed by atoms with Crippen LogP contribution in [0.2, 0.25) is 0 Å². The lowest BCUT2D eigenvalue weighted by molar-refractivity contribution is -0.390. The maximum atomic E-state index is 13.2. The highest BCUT2D eigenvalue weighted by Crippen LogP contribution is 2.74. The number of methoxy groups -OCH3 is 1. The van der Waals surface area contributed by atoms with E-state index < -0.39 is 146 Å². The van der Waals surface area contributed by atoms with E-state index in [2.05, 4.69) is 6.92 Å². The van der Waals surface area contributed by atoms with E-state index in [1.165, 1.54) is 13.8 Å². The Kier molecular flexibility index (Phi) is 15.7. The standard InChI is InChI=1S/C48H80O21/c1-21(20-62-24(4)51)10-15-47(61-7)23(3)48(60)31(69-47)17-46(59)28-9-8-25-16-26(11-13-44(25,5)27(28)12-14-45(46,48)6)64-43-40(68-41-36(56)34(54)32(52)22(2)63-41)38(58)39(30(19-50)66-43)67-42-37(57)35(55)33(53)29(18-49)65-42/h21-23,25-43,49-50,52-60H,8-20H2,1-7H3. The number of ether oxygens (including phenoxy) is 9. The lowest BCUT2D eigenvalue weighted by Crippen LogP contribution is -2.67. The van der Waals surface area contributed by atoms with Gasteiger partial charge in [-0.25, -0.2) is 0 Å². The molecule has 21 nitrogen and oxygen atoms in total. The number of aliphatic hydroxyl groups excluding tert-OH is 9. The van der Waals surface area contributed by atoms with Gasteiger partial charge >= 0.3 is 5.97 Å². The van der Waals surface area contributed by atoms with E-state index in [0.29, 0.717) is 44.9 Å². The highest BCUT2D eigenvalue weighted by atomic mass is 16.8. The van der Waals surface area contributed by atoms with E-state index in [4.69, 9.17) is 42.6 Å². The lowest BCUT2D eigenvalue weighted by atomic mass is 9.42. The predicted octanol–water partition coefficient (Wildman–Crippen LogP) is -1.30. The second kappa shape index (κ2) is 20.1. The van der Waals surface area contributed by atoms with Gasteiger partial charge in [-0.1, -0.05) is 27.7 Å². The van der Waals surface area contributed by atoms with Gasteiger partial charge in [0, 0.05) is 38.2 Å². The zero-order valence-electron chi connectivity index (χ0n) is 40.9. The van der Waals surface area contributed by atoms with Gasteiger partial charge < -0.3 is 98.8 Å². The Morgan fingerprint density at radius 2 is 1.36 bits per heavy atom. The number of hydrogen-bond acceptors (Lipinski definition) is 21. The quantitative estimate of drug-likeness (QED) is 0.0712. The van der Waals surface area contributed by atoms with Crippen molar-refractivity contribution in [2.75, 3.05) is 26.9 Å². The fourth-order valence-corrected chi connectivity index (χ4v) is 14.6. The normalized spacial score (nSPS) is 54.5. The van der Waals surface area contributed by atoms with Crippen LogP contribution in [0, 0.1) is 40.4 Å². The molecule has 398 valence electrons. The van der Waals surface area contributed by atoms with Crippen LogP contribution in [0.1, 0.15) is 106 Å². The molecule has 27 atom stereocenters. The Bertz CT molecular complexity index is 1780. The largest absolute Gasteiger partial charge is 0.466 e. The van der Waals surface area contributed by atoms with E-state index in [1.54, 1.807) is 7.11 Å². The molecular formula is C48H80O21. The molecule has 21 heteroatoms. The van der Waals surface area contributed by atoms with Crippen LogP contribution in [0.3, 0.4) is 0 Å². The lowest BCUT2D eigenvalue weighted by Gasteiger charge is -2.64. The first-order valence-corrected chi connectivity index (χ1v) is 25.2. The summed E-state index contributed by atoms with van der Waals surface area (Å²) in [6.07, 6.45) is -18.8. The van der Waals surface area contributed by atoms with Crippen LogP contribution in [0.5, 0.6) is 0 Å². The Hall–Kier alpha value is -1.29. The summed E-state index contributed by atoms with van der Waals surface area (Å²) in [6.45, 7) is 9.88. The van der Waals surface area contributed by atoms with Crippen molar-refractivity contribution >= 4 is 5.97 Å². The minimum atomic E-state index is -1.86. The number of hydrogen-bond donors (Lipinski definition) is 11. The van der Waals surface area contributed by atoms with Crippen molar-refractivity contribution in [1.29, 1.82) is 0 Å². The molecular weight excluding hydrogens is 913 g/mol. The SMILES string of the molecule is COC1(CCC(C)COC(C)=O)OC2CC3(O)C4CCC5CC(OC6OC(CO)C(OC7OC(CO)C(O)C(O)C7O)C(O)C6OC6OC(C)C(O)C(O)C6O)CCC5(C)C4CCC3(C)C2(O)C1C. The van der Waals surface area contributed by atoms with E-state index in [-0.39, 0.29) is 48.1 Å². The van der Waals surface area contributed by atoms with Gasteiger partial charge in [0.15, 0.2) is 24.7 Å². The molecule has 0 aromatic heterocycles. The summed E-state index contributed by atoms with van der Waals surface area (Å²) in [6, 6.07) is 0. The van der Waals surface area contributed by atoms with Crippen molar-refractivity contribution in [3.8, 4) is 0 Å². The summed E-state index contributed by atoms with van der Waals surface area (Å²) in [5, 5.41) is 122. The van der Waals surface area contributed by atoms with Gasteiger partial charge in [0.1, 0.15) is 72.7 Å². The van der Waals surface area contributed by atoms with Gasteiger partial charge in [0.25, 0.3) is 0 Å². The van der Waals surface area contributed by atoms with Crippen molar-refractivity contribution < 1.29 is 104 Å². The van der Waals surface area contributed by atoms with Crippen molar-refractivity contribution in [2.45, 2.75) is 227 Å². The minimum absolute atomic E-state index is 0.0419. The summed E-state index contributed by atoms with van der Waals surface area (Å²) >= 11 is 0. The maximum absolute atomic E-state index is 13.2. The molecule has 4 saturated carbocycles. The number of fused-ring (bicyclic) bond motifs is 7. The van der Waals surface area contributed by atoms with E-state index in [1.807, 2.05) is 20.8 Å². The molecule has 8 aliphatic rings. The van der Waals surface area contributed by atoms with Gasteiger partial charge in [-0.2, -0.15) is 0 Å². The third-order valence-electron chi connectivity index (χ3n) is 19.0. The van der Waals surface area contributed by atoms with Crippen LogP contribution in [-0.4, -0.2) is 210 Å². The van der Waals surface area contributed by atoms with Crippen molar-refractivity contribution in [1.82, 2.24) is 0 Å². The Morgan fingerprint density at radius 1 is 0.725 bits per heavy atom. The second-order valence-electron chi connectivity index (χ2n) is 22.4. The molecule has 11 N–H and O–H groups in total. The van der Waals surface area contributed by atoms with E-state index in [0.717, 1.165) is 12.8 Å². The van der Waals surface area contributed by atoms with Gasteiger partial charge in [0.2, 0.25) is 0 Å². The average Bonchev–Trinajstić information content (AvgIpc) is 3.64. The molecule has 0 bridgehead atoms. The van der Waals surface area contributed by atoms with E-state index in [9.17, 15) is 61.0 Å². The van der Waals surface area contributed by atoms with E-state index >= 15 is 0 Å². The topological polar surface area (TPSA) is 323 Å². The van der Waals surface area contributed by atoms with Gasteiger partial charge in [0.05, 0.1) is 43.7 Å². The first kappa shape index (κ1) is 54.0. The van der Waals surface area contributed by atoms with Crippen molar-refractivity contribution in [3.05, 3.63) is 0 Å². The number of esters is 1. The third kappa shape index (κ3) is 8.85. The number of aliphatic hydroxyl groups is 11. The molecule has 27 unspecified atom stereocenters. The highest BCUT2D eigenvalue weighted by Gasteiger charge is 2.81. The fourth-order valence-electron chi connectivity index (χ4n) is 14.6. The summed E-state index contributed by atoms with van der Waals surface area (Å²) < 4.78 is 54.5. The summed E-state index contributed by atoms with van der Waals surface area (Å²) in [5.41, 5.74) is -3.74. The smallest absolute Gasteiger partial charge is 0.302 e. The molecule has 0 spiro atoms. The minimum Gasteiger partial charge on any atom is -0.466 e. The Labute approximate surface area is 403 Å². The molecule has 4 heterocycles. The van der Waals surface area contributed by atoms with Crippen molar-refractivity contribution in [2.24, 2.45) is 40.4 Å². The monoisotopic (exact) mass is 993 g/mol. The predicted molar refractivity (Wildman–Crippen MR) is 235 cm³/mol. The fraction of sp³-hybridized carbons (Fsp3) is 0.979. The number of rotatable bonds is 14. The molecule has 0 amide bonds. The van der Waals surface area contributed by atoms with Gasteiger partial charge in [-0.15, -0.1) is 0 Å². The first-order chi connectivity index (χ1) is 32.4. The molecule has 0 aromatic carbocycles. The Morgan fingerprint density at radius 3 is 2.01 bits per heavy atom. The molecule has 8 rings (SSSR count). The number of carbonyl (C=O) groups excluding carboxylic acids is 1. The van der Waals surface area contributed by atoms with Crippen LogP contribution in [-0.2, 0) is 47.4 Å². The molecule has 4 saturated heterocycles. The zero-order chi connectivity index (χ0) is 50.3. The van der Waals surface area contributed by atoms with Crippen LogP contribution < -0.4 is 0 Å². The summed E-state index contributed by atoms with van der Waals surface area (Å²) in [7, 11) is 1.60. The van der Waals surface area contributed by atoms with Crippen LogP contribution in [0.15, 0.2) is 0 Å². The zero-order valence-corrected chi connectivity index (χ0v) is 40.9.